The summed E-state index contributed by atoms with van der Waals surface area (Å²) in [5.74, 6) is 0.620. The summed E-state index contributed by atoms with van der Waals surface area (Å²) in [4.78, 5) is 10.9. The first-order valence-corrected chi connectivity index (χ1v) is 11.3. The molecule has 0 spiro atoms. The molecular weight excluding hydrogens is 388 g/mol. The number of aliphatic imine (C=N–C) groups is 1. The Morgan fingerprint density at radius 3 is 2.70 bits per heavy atom. The first kappa shape index (κ1) is 19.8. The molecule has 1 fully saturated rings. The van der Waals surface area contributed by atoms with E-state index in [9.17, 15) is 8.42 Å². The summed E-state index contributed by atoms with van der Waals surface area (Å²) >= 11 is 1.66. The molecule has 11 heteroatoms. The molecule has 0 aliphatic carbocycles. The Hall–Kier alpha value is -1.98. The normalized spacial score (nSPS) is 16.7. The average molecular weight is 413 g/mol. The summed E-state index contributed by atoms with van der Waals surface area (Å²) in [6, 6.07) is 1.57. The number of piperazine rings is 1. The van der Waals surface area contributed by atoms with Gasteiger partial charge in [-0.05, 0) is 6.42 Å². The van der Waals surface area contributed by atoms with E-state index >= 15 is 0 Å². The monoisotopic (exact) mass is 412 g/mol. The molecule has 148 valence electrons. The molecule has 0 bridgehead atoms. The Bertz CT molecular complexity index is 855. The van der Waals surface area contributed by atoms with Crippen molar-refractivity contribution < 1.29 is 12.9 Å². The summed E-state index contributed by atoms with van der Waals surface area (Å²) < 4.78 is 31.2. The molecule has 3 heterocycles. The second-order valence-corrected chi connectivity index (χ2v) is 9.03. The molecule has 0 radical (unpaired) electrons. The van der Waals surface area contributed by atoms with E-state index in [1.807, 2.05) is 5.38 Å². The van der Waals surface area contributed by atoms with Crippen LogP contribution in [-0.2, 0) is 28.7 Å². The molecule has 0 atom stereocenters. The van der Waals surface area contributed by atoms with E-state index < -0.39 is 10.0 Å². The molecule has 2 aromatic rings. The fraction of sp³-hybridized carbons (Fsp3) is 0.562. The smallest absolute Gasteiger partial charge is 0.220 e. The molecule has 2 aromatic heterocycles. The Morgan fingerprint density at radius 2 is 2.11 bits per heavy atom. The number of rotatable bonds is 6. The third-order valence-electron chi connectivity index (χ3n) is 4.29. The second-order valence-electron chi connectivity index (χ2n) is 6.12. The fourth-order valence-electron chi connectivity index (χ4n) is 2.86. The van der Waals surface area contributed by atoms with Crippen LogP contribution in [0.3, 0.4) is 0 Å². The van der Waals surface area contributed by atoms with Gasteiger partial charge in [-0.1, -0.05) is 12.1 Å². The van der Waals surface area contributed by atoms with Crippen molar-refractivity contribution >= 4 is 27.3 Å². The number of guanidine groups is 1. The van der Waals surface area contributed by atoms with E-state index in [-0.39, 0.29) is 5.75 Å². The number of nitrogens with zero attached hydrogens (tertiary/aromatic N) is 5. The van der Waals surface area contributed by atoms with Gasteiger partial charge in [0.15, 0.2) is 5.96 Å². The minimum atomic E-state index is -3.40. The van der Waals surface area contributed by atoms with Crippen molar-refractivity contribution in [2.24, 2.45) is 4.99 Å². The lowest BCUT2D eigenvalue weighted by molar-refractivity contribution is 0.259. The molecule has 9 nitrogen and oxygen atoms in total. The van der Waals surface area contributed by atoms with Gasteiger partial charge in [-0.2, -0.15) is 4.31 Å². The van der Waals surface area contributed by atoms with Gasteiger partial charge in [0.1, 0.15) is 12.0 Å². The maximum Gasteiger partial charge on any atom is 0.220 e. The first-order valence-electron chi connectivity index (χ1n) is 8.77. The first-order chi connectivity index (χ1) is 13.0. The summed E-state index contributed by atoms with van der Waals surface area (Å²) in [6.45, 7) is 4.68. The van der Waals surface area contributed by atoms with Gasteiger partial charge in [0.25, 0.3) is 0 Å². The molecule has 1 saturated heterocycles. The quantitative estimate of drug-likeness (QED) is 0.556. The Balaban J connectivity index is 1.52. The maximum atomic E-state index is 12.5. The van der Waals surface area contributed by atoms with Crippen molar-refractivity contribution in [1.82, 2.24) is 24.7 Å². The van der Waals surface area contributed by atoms with Gasteiger partial charge < -0.3 is 14.7 Å². The van der Waals surface area contributed by atoms with Crippen molar-refractivity contribution in [2.45, 2.75) is 25.6 Å². The molecule has 1 N–H and O–H groups in total. The number of aryl methyl sites for hydroxylation is 1. The van der Waals surface area contributed by atoms with Crippen LogP contribution < -0.4 is 5.32 Å². The predicted octanol–water partition coefficient (Wildman–Crippen LogP) is 0.916. The third-order valence-corrected chi connectivity index (χ3v) is 7.15. The van der Waals surface area contributed by atoms with Crippen molar-refractivity contribution in [3.8, 4) is 0 Å². The highest BCUT2D eigenvalue weighted by molar-refractivity contribution is 7.88. The summed E-state index contributed by atoms with van der Waals surface area (Å²) in [5, 5.41) is 10.2. The Labute approximate surface area is 163 Å². The number of thiazole rings is 1. The summed E-state index contributed by atoms with van der Waals surface area (Å²) in [7, 11) is -1.67. The van der Waals surface area contributed by atoms with Crippen molar-refractivity contribution in [1.29, 1.82) is 0 Å². The number of aromatic nitrogens is 2. The molecule has 1 aliphatic heterocycles. The minimum Gasteiger partial charge on any atom is -0.364 e. The number of sulfonamides is 1. The Kier molecular flexibility index (Phi) is 6.45. The van der Waals surface area contributed by atoms with Crippen LogP contribution in [0.5, 0.6) is 0 Å². The van der Waals surface area contributed by atoms with Crippen LogP contribution in [0.25, 0.3) is 0 Å². The lowest BCUT2D eigenvalue weighted by Gasteiger charge is -2.35. The number of nitrogens with one attached hydrogen (secondary N) is 1. The molecular formula is C16H24N6O3S2. The summed E-state index contributed by atoms with van der Waals surface area (Å²) in [5.41, 5.74) is 1.41. The van der Waals surface area contributed by atoms with Crippen molar-refractivity contribution in [3.05, 3.63) is 34.1 Å². The van der Waals surface area contributed by atoms with E-state index in [1.165, 1.54) is 10.6 Å². The highest BCUT2D eigenvalue weighted by Crippen LogP contribution is 2.13. The highest BCUT2D eigenvalue weighted by Gasteiger charge is 2.29. The van der Waals surface area contributed by atoms with Crippen molar-refractivity contribution in [3.63, 3.8) is 0 Å². The average Bonchev–Trinajstić information content (AvgIpc) is 3.34. The van der Waals surface area contributed by atoms with Crippen LogP contribution in [-0.4, -0.2) is 66.9 Å². The standard InChI is InChI=1S/C16H24N6O3S2/c1-3-15-19-14(11-26-15)10-18-16(17-2)21-5-7-22(8-6-21)27(23,24)12-13-4-9-25-20-13/h4,9,11H,3,5-8,10,12H2,1-2H3,(H,17,18). The van der Waals surface area contributed by atoms with Gasteiger partial charge in [-0.25, -0.2) is 13.4 Å². The van der Waals surface area contributed by atoms with E-state index in [0.717, 1.165) is 23.1 Å². The van der Waals surface area contributed by atoms with Crippen LogP contribution >= 0.6 is 11.3 Å². The Morgan fingerprint density at radius 1 is 1.33 bits per heavy atom. The fourth-order valence-corrected chi connectivity index (χ4v) is 5.03. The van der Waals surface area contributed by atoms with Crippen LogP contribution in [0.15, 0.2) is 27.2 Å². The molecule has 0 saturated carbocycles. The minimum absolute atomic E-state index is 0.139. The van der Waals surface area contributed by atoms with Crippen LogP contribution in [0.4, 0.5) is 0 Å². The van der Waals surface area contributed by atoms with Crippen LogP contribution in [0.1, 0.15) is 23.3 Å². The van der Waals surface area contributed by atoms with Crippen LogP contribution in [0, 0.1) is 0 Å². The molecule has 3 rings (SSSR count). The molecule has 0 amide bonds. The molecule has 1 aliphatic rings. The van der Waals surface area contributed by atoms with Gasteiger partial charge >= 0.3 is 0 Å². The van der Waals surface area contributed by atoms with Gasteiger partial charge in [0.05, 0.1) is 22.9 Å². The van der Waals surface area contributed by atoms with Gasteiger partial charge in [0, 0.05) is 44.7 Å². The molecule has 27 heavy (non-hydrogen) atoms. The van der Waals surface area contributed by atoms with Gasteiger partial charge in [0.2, 0.25) is 10.0 Å². The molecule has 0 aromatic carbocycles. The number of hydrogen-bond acceptors (Lipinski definition) is 7. The summed E-state index contributed by atoms with van der Waals surface area (Å²) in [6.07, 6.45) is 2.31. The lowest BCUT2D eigenvalue weighted by atomic mass is 10.4. The van der Waals surface area contributed by atoms with E-state index in [2.05, 4.69) is 32.3 Å². The lowest BCUT2D eigenvalue weighted by Crippen LogP contribution is -2.53. The van der Waals surface area contributed by atoms with Gasteiger partial charge in [-0.3, -0.25) is 4.99 Å². The second kappa shape index (κ2) is 8.81. The largest absolute Gasteiger partial charge is 0.364 e. The zero-order valence-corrected chi connectivity index (χ0v) is 17.1. The van der Waals surface area contributed by atoms with E-state index in [4.69, 9.17) is 4.52 Å². The number of hydrogen-bond donors (Lipinski definition) is 1. The third kappa shape index (κ3) is 5.05. The topological polar surface area (TPSA) is 104 Å². The predicted molar refractivity (Wildman–Crippen MR) is 104 cm³/mol. The SMILES string of the molecule is CCc1nc(CNC(=NC)N2CCN(S(=O)(=O)Cc3ccon3)CC2)cs1. The van der Waals surface area contributed by atoms with Crippen molar-refractivity contribution in [2.75, 3.05) is 33.2 Å². The zero-order chi connectivity index (χ0) is 19.3. The highest BCUT2D eigenvalue weighted by atomic mass is 32.2. The maximum absolute atomic E-state index is 12.5. The molecule has 0 unspecified atom stereocenters. The van der Waals surface area contributed by atoms with Crippen LogP contribution in [0.2, 0.25) is 0 Å². The van der Waals surface area contributed by atoms with Gasteiger partial charge in [-0.15, -0.1) is 11.3 Å². The van der Waals surface area contributed by atoms with E-state index in [1.54, 1.807) is 24.5 Å². The zero-order valence-electron chi connectivity index (χ0n) is 15.5. The van der Waals surface area contributed by atoms with E-state index in [0.29, 0.717) is 38.4 Å².